The molecular formula is C7H9BrN2O2. The van der Waals surface area contributed by atoms with Crippen LogP contribution in [-0.2, 0) is 0 Å². The van der Waals surface area contributed by atoms with E-state index in [2.05, 4.69) is 25.9 Å². The number of nitrogens with zero attached hydrogens (tertiary/aromatic N) is 2. The van der Waals surface area contributed by atoms with Gasteiger partial charge in [-0.1, -0.05) is 0 Å². The van der Waals surface area contributed by atoms with Gasteiger partial charge in [-0.2, -0.15) is 0 Å². The third kappa shape index (κ3) is 2.42. The van der Waals surface area contributed by atoms with Crippen molar-refractivity contribution >= 4 is 15.9 Å². The minimum absolute atomic E-state index is 0.400. The monoisotopic (exact) mass is 232 g/mol. The molecule has 0 aliphatic heterocycles. The Morgan fingerprint density at radius 2 is 2.17 bits per heavy atom. The highest BCUT2D eigenvalue weighted by molar-refractivity contribution is 9.09. The van der Waals surface area contributed by atoms with Crippen molar-refractivity contribution in [3.05, 3.63) is 18.2 Å². The summed E-state index contributed by atoms with van der Waals surface area (Å²) < 4.78 is 5.05. The molecule has 1 N–H and O–H groups in total. The quantitative estimate of drug-likeness (QED) is 0.798. The third-order valence-electron chi connectivity index (χ3n) is 1.24. The second-order valence-corrected chi connectivity index (χ2v) is 2.66. The molecule has 0 saturated heterocycles. The van der Waals surface area contributed by atoms with Crippen LogP contribution in [0.1, 0.15) is 18.9 Å². The molecule has 1 aromatic rings. The largest absolute Gasteiger partial charge is 0.479 e. The van der Waals surface area contributed by atoms with Gasteiger partial charge >= 0.3 is 0 Å². The highest BCUT2D eigenvalue weighted by atomic mass is 79.9. The molecule has 5 heteroatoms. The molecule has 0 fully saturated rings. The molecular weight excluding hydrogens is 224 g/mol. The molecule has 1 atom stereocenters. The molecule has 0 saturated carbocycles. The van der Waals surface area contributed by atoms with Crippen molar-refractivity contribution in [2.24, 2.45) is 0 Å². The van der Waals surface area contributed by atoms with E-state index in [-0.39, 0.29) is 0 Å². The summed E-state index contributed by atoms with van der Waals surface area (Å²) in [6.45, 7) is 1.61. The van der Waals surface area contributed by atoms with E-state index < -0.39 is 6.10 Å². The first-order valence-electron chi connectivity index (χ1n) is 3.43. The first-order chi connectivity index (χ1) is 5.74. The number of hydrogen-bond donors (Lipinski definition) is 1. The first-order valence-corrected chi connectivity index (χ1v) is 4.55. The lowest BCUT2D eigenvalue weighted by molar-refractivity contribution is 0.188. The Hall–Kier alpha value is -0.680. The zero-order valence-corrected chi connectivity index (χ0v) is 8.15. The Labute approximate surface area is 78.7 Å². The molecule has 0 spiro atoms. The molecule has 4 nitrogen and oxygen atoms in total. The van der Waals surface area contributed by atoms with Crippen LogP contribution in [-0.4, -0.2) is 20.6 Å². The molecule has 1 aromatic heterocycles. The fourth-order valence-corrected chi connectivity index (χ4v) is 0.944. The topological polar surface area (TPSA) is 55.2 Å². The van der Waals surface area contributed by atoms with Gasteiger partial charge in [0.05, 0.1) is 12.4 Å². The van der Waals surface area contributed by atoms with Crippen LogP contribution in [0.4, 0.5) is 0 Å². The number of alkyl halides is 1. The normalized spacial score (nSPS) is 12.6. The van der Waals surface area contributed by atoms with Crippen LogP contribution >= 0.6 is 15.9 Å². The van der Waals surface area contributed by atoms with Crippen LogP contribution in [0.25, 0.3) is 0 Å². The molecule has 0 amide bonds. The van der Waals surface area contributed by atoms with Crippen molar-refractivity contribution in [1.29, 1.82) is 0 Å². The molecule has 0 aliphatic carbocycles. The van der Waals surface area contributed by atoms with Gasteiger partial charge in [0.1, 0.15) is 11.6 Å². The maximum absolute atomic E-state index is 9.07. The lowest BCUT2D eigenvalue weighted by atomic mass is 10.4. The van der Waals surface area contributed by atoms with Crippen LogP contribution in [0.15, 0.2) is 12.4 Å². The van der Waals surface area contributed by atoms with Gasteiger partial charge in [-0.05, 0) is 22.9 Å². The Bertz CT molecular complexity index is 238. The number of ether oxygens (including phenoxy) is 1. The lowest BCUT2D eigenvalue weighted by Crippen LogP contribution is -1.99. The molecule has 0 radical (unpaired) electrons. The van der Waals surface area contributed by atoms with E-state index in [0.717, 1.165) is 0 Å². The van der Waals surface area contributed by atoms with E-state index in [0.29, 0.717) is 17.1 Å². The molecule has 66 valence electrons. The minimum atomic E-state index is -0.636. The van der Waals surface area contributed by atoms with Gasteiger partial charge < -0.3 is 9.84 Å². The van der Waals surface area contributed by atoms with E-state index in [1.807, 2.05) is 0 Å². The van der Waals surface area contributed by atoms with Gasteiger partial charge in [0.2, 0.25) is 0 Å². The summed E-state index contributed by atoms with van der Waals surface area (Å²) in [5.74, 6) is 0.980. The predicted octanol–water partition coefficient (Wildman–Crippen LogP) is 1.26. The Kier molecular flexibility index (Phi) is 3.43. The average molecular weight is 233 g/mol. The Morgan fingerprint density at radius 3 is 2.58 bits per heavy atom. The van der Waals surface area contributed by atoms with Gasteiger partial charge in [-0.3, -0.25) is 0 Å². The number of aliphatic hydroxyl groups is 1. The fraction of sp³-hybridized carbons (Fsp3) is 0.429. The van der Waals surface area contributed by atoms with Gasteiger partial charge in [-0.15, -0.1) is 0 Å². The third-order valence-corrected chi connectivity index (χ3v) is 1.47. The van der Waals surface area contributed by atoms with Gasteiger partial charge in [0.15, 0.2) is 11.6 Å². The minimum Gasteiger partial charge on any atom is -0.479 e. The maximum atomic E-state index is 9.07. The van der Waals surface area contributed by atoms with Gasteiger partial charge in [-0.25, -0.2) is 9.97 Å². The summed E-state index contributed by atoms with van der Waals surface area (Å²) in [6.07, 6.45) is 2.41. The van der Waals surface area contributed by atoms with Gasteiger partial charge in [0, 0.05) is 0 Å². The van der Waals surface area contributed by atoms with Crippen molar-refractivity contribution in [1.82, 2.24) is 9.97 Å². The SMILES string of the molecule is CC(O)c1ncc(OCBr)cn1. The number of aliphatic hydroxyl groups excluding tert-OH is 1. The lowest BCUT2D eigenvalue weighted by Gasteiger charge is -2.03. The molecule has 1 unspecified atom stereocenters. The number of hydrogen-bond acceptors (Lipinski definition) is 4. The van der Waals surface area contributed by atoms with Crippen LogP contribution in [0.2, 0.25) is 0 Å². The smallest absolute Gasteiger partial charge is 0.157 e. The van der Waals surface area contributed by atoms with Gasteiger partial charge in [0.25, 0.3) is 0 Å². The highest BCUT2D eigenvalue weighted by Gasteiger charge is 2.03. The van der Waals surface area contributed by atoms with Crippen LogP contribution in [0.3, 0.4) is 0 Å². The number of aromatic nitrogens is 2. The first kappa shape index (κ1) is 9.41. The van der Waals surface area contributed by atoms with Crippen LogP contribution in [0.5, 0.6) is 5.75 Å². The molecule has 1 rings (SSSR count). The summed E-state index contributed by atoms with van der Waals surface area (Å²) in [5.41, 5.74) is 0.407. The van der Waals surface area contributed by atoms with Crippen molar-refractivity contribution < 1.29 is 9.84 Å². The van der Waals surface area contributed by atoms with Crippen molar-refractivity contribution in [3.8, 4) is 5.75 Å². The summed E-state index contributed by atoms with van der Waals surface area (Å²) in [4.78, 5) is 7.78. The van der Waals surface area contributed by atoms with Crippen molar-refractivity contribution in [2.45, 2.75) is 13.0 Å². The Morgan fingerprint density at radius 1 is 1.58 bits per heavy atom. The maximum Gasteiger partial charge on any atom is 0.157 e. The van der Waals surface area contributed by atoms with Crippen LogP contribution in [0, 0.1) is 0 Å². The number of rotatable bonds is 3. The average Bonchev–Trinajstić information content (AvgIpc) is 2.06. The second-order valence-electron chi connectivity index (χ2n) is 2.21. The van der Waals surface area contributed by atoms with E-state index in [1.54, 1.807) is 6.92 Å². The highest BCUT2D eigenvalue weighted by Crippen LogP contribution is 2.10. The van der Waals surface area contributed by atoms with Crippen LogP contribution < -0.4 is 4.74 Å². The fourth-order valence-electron chi connectivity index (χ4n) is 0.679. The molecule has 1 heterocycles. The summed E-state index contributed by atoms with van der Waals surface area (Å²) in [7, 11) is 0. The standard InChI is InChI=1S/C7H9BrN2O2/c1-5(11)7-9-2-6(3-10-7)12-4-8/h2-3,5,11H,4H2,1H3. The van der Waals surface area contributed by atoms with Crippen molar-refractivity contribution in [2.75, 3.05) is 5.52 Å². The zero-order chi connectivity index (χ0) is 8.97. The van der Waals surface area contributed by atoms with E-state index in [4.69, 9.17) is 9.84 Å². The second kappa shape index (κ2) is 4.37. The number of halogens is 1. The Balaban J connectivity index is 2.71. The van der Waals surface area contributed by atoms with Crippen molar-refractivity contribution in [3.63, 3.8) is 0 Å². The summed E-state index contributed by atoms with van der Waals surface area (Å²) in [6, 6.07) is 0. The predicted molar refractivity (Wildman–Crippen MR) is 47.1 cm³/mol. The van der Waals surface area contributed by atoms with E-state index >= 15 is 0 Å². The molecule has 0 aromatic carbocycles. The summed E-state index contributed by atoms with van der Waals surface area (Å²) in [5, 5.41) is 9.07. The molecule has 0 aliphatic rings. The molecule has 12 heavy (non-hydrogen) atoms. The van der Waals surface area contributed by atoms with E-state index in [9.17, 15) is 0 Å². The van der Waals surface area contributed by atoms with E-state index in [1.165, 1.54) is 12.4 Å². The zero-order valence-electron chi connectivity index (χ0n) is 6.57. The summed E-state index contributed by atoms with van der Waals surface area (Å²) >= 11 is 3.11. The molecule has 0 bridgehead atoms.